The highest BCUT2D eigenvalue weighted by Gasteiger charge is 2.31. The molecule has 0 aromatic rings. The quantitative estimate of drug-likeness (QED) is 0.197. The van der Waals surface area contributed by atoms with Gasteiger partial charge in [0.1, 0.15) is 18.1 Å². The molecule has 0 aliphatic carbocycles. The SMILES string of the molecule is CSCCC(NC(=O)C(CCC(=O)O)NC(=O)C(C)N)C(=O)NC(C(=O)O)C(C)C. The van der Waals surface area contributed by atoms with E-state index in [-0.39, 0.29) is 25.2 Å². The third-order valence-electron chi connectivity index (χ3n) is 4.17. The highest BCUT2D eigenvalue weighted by atomic mass is 32.2. The molecular formula is C18H32N4O7S. The number of carboxylic acid groups (broad SMARTS) is 2. The normalized spacial score (nSPS) is 14.9. The summed E-state index contributed by atoms with van der Waals surface area (Å²) in [6.45, 7) is 4.69. The zero-order chi connectivity index (χ0) is 23.4. The molecule has 0 heterocycles. The van der Waals surface area contributed by atoms with Crippen molar-refractivity contribution in [2.45, 2.75) is 64.2 Å². The lowest BCUT2D eigenvalue weighted by Gasteiger charge is -2.25. The predicted octanol–water partition coefficient (Wildman–Crippen LogP) is -0.853. The third kappa shape index (κ3) is 10.4. The monoisotopic (exact) mass is 448 g/mol. The van der Waals surface area contributed by atoms with Gasteiger partial charge in [-0.3, -0.25) is 19.2 Å². The Kier molecular flexibility index (Phi) is 12.7. The second-order valence-corrected chi connectivity index (χ2v) is 8.18. The molecule has 0 aromatic carbocycles. The number of carbonyl (C=O) groups excluding carboxylic acids is 3. The van der Waals surface area contributed by atoms with E-state index < -0.39 is 53.8 Å². The Balaban J connectivity index is 5.41. The second kappa shape index (κ2) is 13.8. The molecule has 30 heavy (non-hydrogen) atoms. The first-order valence-electron chi connectivity index (χ1n) is 9.50. The van der Waals surface area contributed by atoms with E-state index >= 15 is 0 Å². The van der Waals surface area contributed by atoms with Crippen LogP contribution in [0.2, 0.25) is 0 Å². The lowest BCUT2D eigenvalue weighted by Crippen LogP contribution is -2.57. The molecule has 172 valence electrons. The van der Waals surface area contributed by atoms with E-state index in [9.17, 15) is 29.1 Å². The fraction of sp³-hybridized carbons (Fsp3) is 0.722. The van der Waals surface area contributed by atoms with Crippen LogP contribution in [0.1, 0.15) is 40.0 Å². The molecule has 0 aliphatic rings. The second-order valence-electron chi connectivity index (χ2n) is 7.19. The zero-order valence-corrected chi connectivity index (χ0v) is 18.5. The molecule has 0 bridgehead atoms. The number of nitrogens with two attached hydrogens (primary N) is 1. The van der Waals surface area contributed by atoms with Gasteiger partial charge in [-0.15, -0.1) is 0 Å². The van der Waals surface area contributed by atoms with E-state index in [2.05, 4.69) is 16.0 Å². The van der Waals surface area contributed by atoms with Crippen molar-refractivity contribution in [2.75, 3.05) is 12.0 Å². The van der Waals surface area contributed by atoms with Gasteiger partial charge in [0, 0.05) is 6.42 Å². The van der Waals surface area contributed by atoms with Gasteiger partial charge in [-0.1, -0.05) is 13.8 Å². The van der Waals surface area contributed by atoms with Crippen molar-refractivity contribution in [3.05, 3.63) is 0 Å². The predicted molar refractivity (Wildman–Crippen MR) is 112 cm³/mol. The fourth-order valence-corrected chi connectivity index (χ4v) is 2.86. The van der Waals surface area contributed by atoms with Crippen molar-refractivity contribution in [1.82, 2.24) is 16.0 Å². The van der Waals surface area contributed by atoms with Gasteiger partial charge < -0.3 is 31.9 Å². The van der Waals surface area contributed by atoms with Crippen molar-refractivity contribution >= 4 is 41.4 Å². The summed E-state index contributed by atoms with van der Waals surface area (Å²) in [7, 11) is 0. The number of nitrogens with one attached hydrogen (secondary N) is 3. The number of rotatable bonds is 14. The highest BCUT2D eigenvalue weighted by Crippen LogP contribution is 2.07. The lowest BCUT2D eigenvalue weighted by atomic mass is 10.0. The molecular weight excluding hydrogens is 416 g/mol. The number of aliphatic carboxylic acids is 2. The molecule has 7 N–H and O–H groups in total. The van der Waals surface area contributed by atoms with Crippen molar-refractivity contribution < 1.29 is 34.2 Å². The van der Waals surface area contributed by atoms with E-state index in [1.165, 1.54) is 18.7 Å². The molecule has 0 fully saturated rings. The zero-order valence-electron chi connectivity index (χ0n) is 17.6. The maximum Gasteiger partial charge on any atom is 0.326 e. The maximum absolute atomic E-state index is 12.7. The van der Waals surface area contributed by atoms with Crippen LogP contribution in [0.3, 0.4) is 0 Å². The van der Waals surface area contributed by atoms with Crippen molar-refractivity contribution in [1.29, 1.82) is 0 Å². The number of carbonyl (C=O) groups is 5. The van der Waals surface area contributed by atoms with Gasteiger partial charge in [0.15, 0.2) is 0 Å². The van der Waals surface area contributed by atoms with E-state index in [0.29, 0.717) is 5.75 Å². The Morgan fingerprint density at radius 2 is 1.37 bits per heavy atom. The van der Waals surface area contributed by atoms with Gasteiger partial charge >= 0.3 is 11.9 Å². The smallest absolute Gasteiger partial charge is 0.326 e. The Morgan fingerprint density at radius 1 is 0.867 bits per heavy atom. The van der Waals surface area contributed by atoms with Crippen molar-refractivity contribution in [3.8, 4) is 0 Å². The van der Waals surface area contributed by atoms with E-state index in [0.717, 1.165) is 0 Å². The first kappa shape index (κ1) is 27.7. The molecule has 0 saturated heterocycles. The minimum absolute atomic E-state index is 0.194. The molecule has 0 spiro atoms. The maximum atomic E-state index is 12.7. The molecule has 0 radical (unpaired) electrons. The van der Waals surface area contributed by atoms with Gasteiger partial charge in [-0.2, -0.15) is 11.8 Å². The molecule has 3 amide bonds. The Morgan fingerprint density at radius 3 is 1.80 bits per heavy atom. The Hall–Kier alpha value is -2.34. The fourth-order valence-electron chi connectivity index (χ4n) is 2.38. The van der Waals surface area contributed by atoms with E-state index in [1.54, 1.807) is 13.8 Å². The van der Waals surface area contributed by atoms with Gasteiger partial charge in [-0.05, 0) is 37.7 Å². The minimum Gasteiger partial charge on any atom is -0.481 e. The number of hydrogen-bond acceptors (Lipinski definition) is 7. The van der Waals surface area contributed by atoms with Crippen LogP contribution in [0.15, 0.2) is 0 Å². The summed E-state index contributed by atoms with van der Waals surface area (Å²) < 4.78 is 0. The summed E-state index contributed by atoms with van der Waals surface area (Å²) in [5, 5.41) is 25.4. The standard InChI is InChI=1S/C18H32N4O7S/c1-9(2)14(18(28)29)22-17(27)12(7-8-30-4)21-16(26)11(5-6-13(23)24)20-15(25)10(3)19/h9-12,14H,5-8,19H2,1-4H3,(H,20,25)(H,21,26)(H,22,27)(H,23,24)(H,28,29). The topological polar surface area (TPSA) is 188 Å². The van der Waals surface area contributed by atoms with E-state index in [1.807, 2.05) is 6.26 Å². The van der Waals surface area contributed by atoms with Crippen LogP contribution in [0.4, 0.5) is 0 Å². The average Bonchev–Trinajstić information content (AvgIpc) is 2.64. The van der Waals surface area contributed by atoms with Crippen LogP contribution in [-0.2, 0) is 24.0 Å². The molecule has 0 saturated carbocycles. The highest BCUT2D eigenvalue weighted by molar-refractivity contribution is 7.98. The number of hydrogen-bond donors (Lipinski definition) is 6. The van der Waals surface area contributed by atoms with E-state index in [4.69, 9.17) is 10.8 Å². The molecule has 4 atom stereocenters. The van der Waals surface area contributed by atoms with Crippen LogP contribution < -0.4 is 21.7 Å². The number of amides is 3. The summed E-state index contributed by atoms with van der Waals surface area (Å²) in [6.07, 6.45) is 1.45. The van der Waals surface area contributed by atoms with Gasteiger partial charge in [0.25, 0.3) is 0 Å². The number of thioether (sulfide) groups is 1. The minimum atomic E-state index is -1.20. The molecule has 12 heteroatoms. The van der Waals surface area contributed by atoms with Gasteiger partial charge in [0.05, 0.1) is 6.04 Å². The first-order chi connectivity index (χ1) is 13.9. The summed E-state index contributed by atoms with van der Waals surface area (Å²) in [5.41, 5.74) is 5.48. The van der Waals surface area contributed by atoms with Crippen LogP contribution >= 0.6 is 11.8 Å². The molecule has 4 unspecified atom stereocenters. The van der Waals surface area contributed by atoms with Gasteiger partial charge in [0.2, 0.25) is 17.7 Å². The average molecular weight is 449 g/mol. The van der Waals surface area contributed by atoms with Crippen molar-refractivity contribution in [2.24, 2.45) is 11.7 Å². The summed E-state index contributed by atoms with van der Waals surface area (Å²) in [5.74, 6) is -4.29. The first-order valence-corrected chi connectivity index (χ1v) is 10.9. The summed E-state index contributed by atoms with van der Waals surface area (Å²) >= 11 is 1.43. The molecule has 0 aromatic heterocycles. The number of carboxylic acids is 2. The summed E-state index contributed by atoms with van der Waals surface area (Å²) in [6, 6.07) is -4.30. The molecule has 11 nitrogen and oxygen atoms in total. The molecule has 0 rings (SSSR count). The van der Waals surface area contributed by atoms with Crippen LogP contribution in [0.5, 0.6) is 0 Å². The van der Waals surface area contributed by atoms with Crippen LogP contribution in [-0.4, -0.2) is 76.0 Å². The third-order valence-corrected chi connectivity index (χ3v) is 4.81. The van der Waals surface area contributed by atoms with Gasteiger partial charge in [-0.25, -0.2) is 4.79 Å². The van der Waals surface area contributed by atoms with Crippen molar-refractivity contribution in [3.63, 3.8) is 0 Å². The van der Waals surface area contributed by atoms with Crippen LogP contribution in [0, 0.1) is 5.92 Å². The largest absolute Gasteiger partial charge is 0.481 e. The molecule has 0 aliphatic heterocycles. The lowest BCUT2D eigenvalue weighted by molar-refractivity contribution is -0.143. The van der Waals surface area contributed by atoms with Crippen LogP contribution in [0.25, 0.3) is 0 Å². The summed E-state index contributed by atoms with van der Waals surface area (Å²) in [4.78, 5) is 59.4. The Bertz CT molecular complexity index is 628. The Labute approximate surface area is 179 Å².